The van der Waals surface area contributed by atoms with Crippen molar-refractivity contribution >= 4 is 11.9 Å². The fourth-order valence-corrected chi connectivity index (χ4v) is 2.78. The summed E-state index contributed by atoms with van der Waals surface area (Å²) < 4.78 is 10.7. The summed E-state index contributed by atoms with van der Waals surface area (Å²) in [6.45, 7) is 5.58. The van der Waals surface area contributed by atoms with Crippen molar-refractivity contribution in [1.29, 1.82) is 0 Å². The Labute approximate surface area is 159 Å². The van der Waals surface area contributed by atoms with E-state index in [1.54, 1.807) is 26.2 Å². The van der Waals surface area contributed by atoms with Gasteiger partial charge in [-0.25, -0.2) is 4.79 Å². The maximum Gasteiger partial charge on any atom is 0.330 e. The van der Waals surface area contributed by atoms with Crippen molar-refractivity contribution < 1.29 is 24.2 Å². The third-order valence-electron chi connectivity index (χ3n) is 4.11. The molecule has 27 heavy (non-hydrogen) atoms. The Morgan fingerprint density at radius 2 is 1.78 bits per heavy atom. The number of carboxylic acid groups (broad SMARTS) is 1. The Hall–Kier alpha value is -2.86. The number of nitrogens with one attached hydrogen (secondary N) is 1. The lowest BCUT2D eigenvalue weighted by Crippen LogP contribution is -2.40. The molecule has 0 aliphatic heterocycles. The van der Waals surface area contributed by atoms with Gasteiger partial charge in [-0.15, -0.1) is 0 Å². The maximum absolute atomic E-state index is 12.4. The molecule has 0 aliphatic rings. The van der Waals surface area contributed by atoms with Crippen molar-refractivity contribution in [2.24, 2.45) is 0 Å². The number of hydrogen-bond acceptors (Lipinski definition) is 4. The van der Waals surface area contributed by atoms with Gasteiger partial charge in [0.1, 0.15) is 11.9 Å². The van der Waals surface area contributed by atoms with Crippen LogP contribution in [0.4, 0.5) is 0 Å². The van der Waals surface area contributed by atoms with Crippen molar-refractivity contribution in [3.63, 3.8) is 0 Å². The minimum absolute atomic E-state index is 0.215. The molecule has 6 heteroatoms. The van der Waals surface area contributed by atoms with Crippen LogP contribution in [0.1, 0.15) is 35.2 Å². The molecule has 0 fully saturated rings. The normalized spacial score (nSPS) is 12.9. The van der Waals surface area contributed by atoms with E-state index < -0.39 is 24.0 Å². The van der Waals surface area contributed by atoms with Crippen LogP contribution in [-0.2, 0) is 20.9 Å². The van der Waals surface area contributed by atoms with Gasteiger partial charge in [0.15, 0.2) is 6.04 Å². The summed E-state index contributed by atoms with van der Waals surface area (Å²) in [5.74, 6) is -0.897. The lowest BCUT2D eigenvalue weighted by molar-refractivity contribution is -0.144. The molecule has 0 saturated carbocycles. The summed E-state index contributed by atoms with van der Waals surface area (Å²) in [6, 6.07) is 11.7. The summed E-state index contributed by atoms with van der Waals surface area (Å²) in [6.07, 6.45) is -0.802. The predicted octanol–water partition coefficient (Wildman–Crippen LogP) is 3.16. The summed E-state index contributed by atoms with van der Waals surface area (Å²) >= 11 is 0. The second kappa shape index (κ2) is 9.19. The van der Waals surface area contributed by atoms with Gasteiger partial charge < -0.3 is 19.9 Å². The number of carbonyl (C=O) groups excluding carboxylic acids is 1. The molecule has 144 valence electrons. The number of ether oxygens (including phenoxy) is 2. The van der Waals surface area contributed by atoms with E-state index in [0.717, 1.165) is 16.7 Å². The number of aliphatic carboxylic acids is 1. The van der Waals surface area contributed by atoms with Crippen molar-refractivity contribution in [1.82, 2.24) is 5.32 Å². The molecule has 2 unspecified atom stereocenters. The Morgan fingerprint density at radius 3 is 2.37 bits per heavy atom. The SMILES string of the molecule is COc1cccc(COC(C)C(=O)NC(C(=O)O)c2cc(C)cc(C)c2)c1. The van der Waals surface area contributed by atoms with Crippen LogP contribution in [0.3, 0.4) is 0 Å². The number of rotatable bonds is 8. The summed E-state index contributed by atoms with van der Waals surface area (Å²) in [7, 11) is 1.58. The fraction of sp³-hybridized carbons (Fsp3) is 0.333. The van der Waals surface area contributed by atoms with Gasteiger partial charge in [0, 0.05) is 0 Å². The van der Waals surface area contributed by atoms with E-state index in [0.29, 0.717) is 11.3 Å². The average Bonchev–Trinajstić information content (AvgIpc) is 2.62. The van der Waals surface area contributed by atoms with E-state index >= 15 is 0 Å². The lowest BCUT2D eigenvalue weighted by Gasteiger charge is -2.19. The van der Waals surface area contributed by atoms with Crippen LogP contribution >= 0.6 is 0 Å². The summed E-state index contributed by atoms with van der Waals surface area (Å²) in [4.78, 5) is 24.1. The average molecular weight is 371 g/mol. The van der Waals surface area contributed by atoms with E-state index in [4.69, 9.17) is 9.47 Å². The minimum atomic E-state index is -1.13. The van der Waals surface area contributed by atoms with Gasteiger partial charge in [0.25, 0.3) is 0 Å². The van der Waals surface area contributed by atoms with Crippen molar-refractivity contribution in [2.75, 3.05) is 7.11 Å². The van der Waals surface area contributed by atoms with Gasteiger partial charge in [-0.2, -0.15) is 0 Å². The highest BCUT2D eigenvalue weighted by atomic mass is 16.5. The zero-order valence-electron chi connectivity index (χ0n) is 16.0. The zero-order chi connectivity index (χ0) is 20.0. The van der Waals surface area contributed by atoms with Crippen LogP contribution < -0.4 is 10.1 Å². The Morgan fingerprint density at radius 1 is 1.11 bits per heavy atom. The van der Waals surface area contributed by atoms with E-state index in [9.17, 15) is 14.7 Å². The molecule has 6 nitrogen and oxygen atoms in total. The maximum atomic E-state index is 12.4. The van der Waals surface area contributed by atoms with Gasteiger partial charge in [-0.3, -0.25) is 4.79 Å². The number of benzene rings is 2. The molecule has 2 N–H and O–H groups in total. The molecule has 0 spiro atoms. The molecule has 2 atom stereocenters. The first-order chi connectivity index (χ1) is 12.8. The van der Waals surface area contributed by atoms with Crippen LogP contribution in [0.15, 0.2) is 42.5 Å². The molecular formula is C21H25NO5. The van der Waals surface area contributed by atoms with E-state index in [-0.39, 0.29) is 6.61 Å². The third-order valence-corrected chi connectivity index (χ3v) is 4.11. The van der Waals surface area contributed by atoms with Crippen LogP contribution in [0.25, 0.3) is 0 Å². The predicted molar refractivity (Wildman–Crippen MR) is 102 cm³/mol. The smallest absolute Gasteiger partial charge is 0.330 e. The van der Waals surface area contributed by atoms with Gasteiger partial charge >= 0.3 is 5.97 Å². The first-order valence-electron chi connectivity index (χ1n) is 8.66. The molecule has 1 amide bonds. The highest BCUT2D eigenvalue weighted by Gasteiger charge is 2.25. The van der Waals surface area contributed by atoms with Crippen molar-refractivity contribution in [2.45, 2.75) is 39.5 Å². The van der Waals surface area contributed by atoms with Crippen LogP contribution in [0, 0.1) is 13.8 Å². The topological polar surface area (TPSA) is 84.9 Å². The van der Waals surface area contributed by atoms with Crippen molar-refractivity contribution in [3.05, 3.63) is 64.7 Å². The number of amides is 1. The highest BCUT2D eigenvalue weighted by Crippen LogP contribution is 2.18. The third kappa shape index (κ3) is 5.82. The van der Waals surface area contributed by atoms with E-state index in [1.165, 1.54) is 0 Å². The highest BCUT2D eigenvalue weighted by molar-refractivity contribution is 5.86. The quantitative estimate of drug-likeness (QED) is 0.745. The molecule has 0 bridgehead atoms. The Balaban J connectivity index is 2.02. The molecule has 2 aromatic carbocycles. The minimum Gasteiger partial charge on any atom is -0.497 e. The number of hydrogen-bond donors (Lipinski definition) is 2. The molecule has 0 heterocycles. The Bertz CT molecular complexity index is 798. The number of carboxylic acids is 1. The fourth-order valence-electron chi connectivity index (χ4n) is 2.78. The first kappa shape index (κ1) is 20.5. The van der Waals surface area contributed by atoms with Gasteiger partial charge in [-0.05, 0) is 44.0 Å². The number of aryl methyl sites for hydroxylation is 2. The standard InChI is InChI=1S/C21H25NO5/c1-13-8-14(2)10-17(9-13)19(21(24)25)22-20(23)15(3)27-12-16-6-5-7-18(11-16)26-4/h5-11,15,19H,12H2,1-4H3,(H,22,23)(H,24,25). The molecule has 0 aliphatic carbocycles. The van der Waals surface area contributed by atoms with Gasteiger partial charge in [0.2, 0.25) is 5.91 Å². The lowest BCUT2D eigenvalue weighted by atomic mass is 10.0. The van der Waals surface area contributed by atoms with Crippen LogP contribution in [-0.4, -0.2) is 30.2 Å². The largest absolute Gasteiger partial charge is 0.497 e. The molecule has 0 radical (unpaired) electrons. The van der Waals surface area contributed by atoms with Crippen LogP contribution in [0.5, 0.6) is 5.75 Å². The molecule has 0 aromatic heterocycles. The van der Waals surface area contributed by atoms with E-state index in [1.807, 2.05) is 44.2 Å². The monoisotopic (exact) mass is 371 g/mol. The van der Waals surface area contributed by atoms with E-state index in [2.05, 4.69) is 5.32 Å². The van der Waals surface area contributed by atoms with Crippen molar-refractivity contribution in [3.8, 4) is 5.75 Å². The zero-order valence-corrected chi connectivity index (χ0v) is 16.0. The van der Waals surface area contributed by atoms with Gasteiger partial charge in [-0.1, -0.05) is 41.5 Å². The number of carbonyl (C=O) groups is 2. The first-order valence-corrected chi connectivity index (χ1v) is 8.66. The molecule has 2 rings (SSSR count). The molecular weight excluding hydrogens is 346 g/mol. The Kier molecular flexibility index (Phi) is 6.96. The second-order valence-electron chi connectivity index (χ2n) is 6.51. The van der Waals surface area contributed by atoms with Gasteiger partial charge in [0.05, 0.1) is 13.7 Å². The second-order valence-corrected chi connectivity index (χ2v) is 6.51. The molecule has 2 aromatic rings. The molecule has 0 saturated heterocycles. The summed E-state index contributed by atoms with van der Waals surface area (Å²) in [5, 5.41) is 12.1. The van der Waals surface area contributed by atoms with Crippen LogP contribution in [0.2, 0.25) is 0 Å². The summed E-state index contributed by atoms with van der Waals surface area (Å²) in [5.41, 5.74) is 3.27. The number of methoxy groups -OCH3 is 1.